The molecule has 3 rings (SSSR count). The highest BCUT2D eigenvalue weighted by Crippen LogP contribution is 2.16. The highest BCUT2D eigenvalue weighted by atomic mass is 16.5. The number of carbonyl (C=O) groups excluding carboxylic acids is 1. The minimum atomic E-state index is 0.0674. The Balaban J connectivity index is 1.41. The monoisotopic (exact) mass is 368 g/mol. The van der Waals surface area contributed by atoms with E-state index in [9.17, 15) is 4.79 Å². The molecule has 0 atom stereocenters. The SMILES string of the molecule is CCCCOc1ccc(NC(=O)C[NH+]2CCN(c3ccccc3)CC2)cc1. The Kier molecular flexibility index (Phi) is 7.11. The maximum Gasteiger partial charge on any atom is 0.279 e. The van der Waals surface area contributed by atoms with E-state index < -0.39 is 0 Å². The van der Waals surface area contributed by atoms with Crippen molar-refractivity contribution in [1.82, 2.24) is 0 Å². The van der Waals surface area contributed by atoms with Crippen LogP contribution < -0.4 is 19.9 Å². The van der Waals surface area contributed by atoms with Crippen molar-refractivity contribution in [3.8, 4) is 5.75 Å². The summed E-state index contributed by atoms with van der Waals surface area (Å²) in [7, 11) is 0. The molecule has 1 aliphatic rings. The Morgan fingerprint density at radius 3 is 2.44 bits per heavy atom. The lowest BCUT2D eigenvalue weighted by molar-refractivity contribution is -0.892. The van der Waals surface area contributed by atoms with Crippen molar-refractivity contribution in [2.24, 2.45) is 0 Å². The number of rotatable bonds is 8. The third-order valence-electron chi connectivity index (χ3n) is 4.91. The zero-order chi connectivity index (χ0) is 18.9. The van der Waals surface area contributed by atoms with Crippen molar-refractivity contribution < 1.29 is 14.4 Å². The van der Waals surface area contributed by atoms with Crippen molar-refractivity contribution in [3.05, 3.63) is 54.6 Å². The summed E-state index contributed by atoms with van der Waals surface area (Å²) in [6.45, 7) is 7.31. The summed E-state index contributed by atoms with van der Waals surface area (Å²) in [5, 5.41) is 3.00. The smallest absolute Gasteiger partial charge is 0.279 e. The second-order valence-electron chi connectivity index (χ2n) is 7.02. The van der Waals surface area contributed by atoms with E-state index in [-0.39, 0.29) is 5.91 Å². The first kappa shape index (κ1) is 19.2. The van der Waals surface area contributed by atoms with Crippen LogP contribution in [0, 0.1) is 0 Å². The van der Waals surface area contributed by atoms with Crippen molar-refractivity contribution in [3.63, 3.8) is 0 Å². The van der Waals surface area contributed by atoms with Crippen molar-refractivity contribution in [2.75, 3.05) is 49.5 Å². The molecule has 0 unspecified atom stereocenters. The Labute approximate surface area is 161 Å². The van der Waals surface area contributed by atoms with E-state index in [1.165, 1.54) is 10.6 Å². The minimum absolute atomic E-state index is 0.0674. The Morgan fingerprint density at radius 1 is 1.07 bits per heavy atom. The van der Waals surface area contributed by atoms with Crippen LogP contribution in [0.4, 0.5) is 11.4 Å². The molecule has 5 heteroatoms. The van der Waals surface area contributed by atoms with Crippen LogP contribution in [0.15, 0.2) is 54.6 Å². The first-order valence-corrected chi connectivity index (χ1v) is 9.91. The van der Waals surface area contributed by atoms with Crippen molar-refractivity contribution >= 4 is 17.3 Å². The van der Waals surface area contributed by atoms with Gasteiger partial charge in [0.05, 0.1) is 32.8 Å². The maximum atomic E-state index is 12.4. The molecule has 0 aromatic heterocycles. The highest BCUT2D eigenvalue weighted by molar-refractivity contribution is 5.91. The van der Waals surface area contributed by atoms with Crippen LogP contribution in [-0.4, -0.2) is 45.2 Å². The highest BCUT2D eigenvalue weighted by Gasteiger charge is 2.22. The van der Waals surface area contributed by atoms with Crippen LogP contribution >= 0.6 is 0 Å². The number of nitrogens with one attached hydrogen (secondary N) is 2. The van der Waals surface area contributed by atoms with E-state index in [0.717, 1.165) is 57.1 Å². The van der Waals surface area contributed by atoms with Crippen LogP contribution in [0.3, 0.4) is 0 Å². The van der Waals surface area contributed by atoms with E-state index in [1.807, 2.05) is 30.3 Å². The quantitative estimate of drug-likeness (QED) is 0.703. The summed E-state index contributed by atoms with van der Waals surface area (Å²) in [5.74, 6) is 0.918. The molecule has 0 radical (unpaired) electrons. The van der Waals surface area contributed by atoms with Crippen LogP contribution in [0.1, 0.15) is 19.8 Å². The van der Waals surface area contributed by atoms with Gasteiger partial charge in [0.25, 0.3) is 5.91 Å². The predicted molar refractivity (Wildman–Crippen MR) is 110 cm³/mol. The van der Waals surface area contributed by atoms with E-state index in [2.05, 4.69) is 41.4 Å². The third-order valence-corrected chi connectivity index (χ3v) is 4.91. The molecule has 0 spiro atoms. The number of benzene rings is 2. The standard InChI is InChI=1S/C22H29N3O2/c1-2-3-17-27-21-11-9-19(10-12-21)23-22(26)18-24-13-15-25(16-14-24)20-7-5-4-6-8-20/h4-12H,2-3,13-18H2,1H3,(H,23,26)/p+1. The molecule has 2 aromatic carbocycles. The van der Waals surface area contributed by atoms with Crippen molar-refractivity contribution in [2.45, 2.75) is 19.8 Å². The molecule has 5 nitrogen and oxygen atoms in total. The Bertz CT molecular complexity index is 695. The number of hydrogen-bond donors (Lipinski definition) is 2. The summed E-state index contributed by atoms with van der Waals surface area (Å²) >= 11 is 0. The maximum absolute atomic E-state index is 12.4. The fourth-order valence-electron chi connectivity index (χ4n) is 3.30. The molecule has 0 bridgehead atoms. The molecule has 1 aliphatic heterocycles. The van der Waals surface area contributed by atoms with Gasteiger partial charge in [-0.05, 0) is 42.8 Å². The van der Waals surface area contributed by atoms with Gasteiger partial charge in [0.15, 0.2) is 6.54 Å². The molecular formula is C22H30N3O2+. The van der Waals surface area contributed by atoms with E-state index in [0.29, 0.717) is 6.54 Å². The number of nitrogens with zero attached hydrogens (tertiary/aromatic N) is 1. The Hall–Kier alpha value is -2.53. The largest absolute Gasteiger partial charge is 0.494 e. The van der Waals surface area contributed by atoms with Gasteiger partial charge in [0.2, 0.25) is 0 Å². The lowest BCUT2D eigenvalue weighted by Crippen LogP contribution is -3.15. The number of unbranched alkanes of at least 4 members (excludes halogenated alkanes) is 1. The number of piperazine rings is 1. The minimum Gasteiger partial charge on any atom is -0.494 e. The van der Waals surface area contributed by atoms with Gasteiger partial charge in [0.1, 0.15) is 5.75 Å². The number of quaternary nitrogens is 1. The zero-order valence-corrected chi connectivity index (χ0v) is 16.1. The second-order valence-corrected chi connectivity index (χ2v) is 7.02. The molecule has 0 saturated carbocycles. The second kappa shape index (κ2) is 9.97. The molecule has 27 heavy (non-hydrogen) atoms. The molecule has 2 aromatic rings. The molecule has 0 aliphatic carbocycles. The average molecular weight is 369 g/mol. The average Bonchev–Trinajstić information content (AvgIpc) is 2.71. The van der Waals surface area contributed by atoms with Crippen LogP contribution in [-0.2, 0) is 4.79 Å². The van der Waals surface area contributed by atoms with Crippen LogP contribution in [0.5, 0.6) is 5.75 Å². The summed E-state index contributed by atoms with van der Waals surface area (Å²) < 4.78 is 5.65. The topological polar surface area (TPSA) is 46.0 Å². The number of ether oxygens (including phenoxy) is 1. The van der Waals surface area contributed by atoms with Gasteiger partial charge in [-0.1, -0.05) is 31.5 Å². The molecule has 1 heterocycles. The third kappa shape index (κ3) is 6.00. The normalized spacial score (nSPS) is 14.8. The van der Waals surface area contributed by atoms with Crippen LogP contribution in [0.25, 0.3) is 0 Å². The summed E-state index contributed by atoms with van der Waals surface area (Å²) in [6, 6.07) is 18.1. The number of anilines is 2. The van der Waals surface area contributed by atoms with Crippen LogP contribution in [0.2, 0.25) is 0 Å². The fraction of sp³-hybridized carbons (Fsp3) is 0.409. The van der Waals surface area contributed by atoms with Gasteiger partial charge >= 0.3 is 0 Å². The summed E-state index contributed by atoms with van der Waals surface area (Å²) in [5.41, 5.74) is 2.09. The fourth-order valence-corrected chi connectivity index (χ4v) is 3.30. The van der Waals surface area contributed by atoms with Gasteiger partial charge in [-0.15, -0.1) is 0 Å². The summed E-state index contributed by atoms with van der Waals surface area (Å²) in [4.78, 5) is 16.1. The molecule has 1 saturated heterocycles. The Morgan fingerprint density at radius 2 is 1.78 bits per heavy atom. The first-order valence-electron chi connectivity index (χ1n) is 9.91. The van der Waals surface area contributed by atoms with Gasteiger partial charge in [-0.2, -0.15) is 0 Å². The number of carbonyl (C=O) groups is 1. The molecule has 1 fully saturated rings. The van der Waals surface area contributed by atoms with Gasteiger partial charge in [0, 0.05) is 11.4 Å². The number of para-hydroxylation sites is 1. The molecule has 144 valence electrons. The van der Waals surface area contributed by atoms with E-state index in [4.69, 9.17) is 4.74 Å². The van der Waals surface area contributed by atoms with E-state index in [1.54, 1.807) is 0 Å². The molecular weight excluding hydrogens is 338 g/mol. The first-order chi connectivity index (χ1) is 13.2. The van der Waals surface area contributed by atoms with Gasteiger partial charge < -0.3 is 19.9 Å². The summed E-state index contributed by atoms with van der Waals surface area (Å²) in [6.07, 6.45) is 2.18. The van der Waals surface area contributed by atoms with Crippen molar-refractivity contribution in [1.29, 1.82) is 0 Å². The zero-order valence-electron chi connectivity index (χ0n) is 16.1. The van der Waals surface area contributed by atoms with E-state index >= 15 is 0 Å². The van der Waals surface area contributed by atoms with Gasteiger partial charge in [-0.3, -0.25) is 4.79 Å². The lowest BCUT2D eigenvalue weighted by Gasteiger charge is -2.33. The molecule has 1 amide bonds. The lowest BCUT2D eigenvalue weighted by atomic mass is 10.2. The van der Waals surface area contributed by atoms with Gasteiger partial charge in [-0.25, -0.2) is 0 Å². The number of hydrogen-bond acceptors (Lipinski definition) is 3. The number of amides is 1. The predicted octanol–water partition coefficient (Wildman–Crippen LogP) is 2.21. The molecule has 2 N–H and O–H groups in total.